The van der Waals surface area contributed by atoms with E-state index < -0.39 is 5.97 Å². The van der Waals surface area contributed by atoms with Gasteiger partial charge in [-0.3, -0.25) is 0 Å². The Morgan fingerprint density at radius 1 is 1.04 bits per heavy atom. The lowest BCUT2D eigenvalue weighted by atomic mass is 10.1. The normalized spacial score (nSPS) is 9.17. The van der Waals surface area contributed by atoms with E-state index in [4.69, 9.17) is 20.0 Å². The van der Waals surface area contributed by atoms with Crippen molar-refractivity contribution >= 4 is 12.0 Å². The summed E-state index contributed by atoms with van der Waals surface area (Å²) in [7, 11) is 1.52. The molecule has 0 amide bonds. The van der Waals surface area contributed by atoms with Gasteiger partial charge in [0.1, 0.15) is 29.2 Å². The SMILES string of the molecule is COc1cccc(C(=O)Oc2ccc(C=C(C#N)C#N)cc2)c1. The van der Waals surface area contributed by atoms with Gasteiger partial charge in [-0.15, -0.1) is 0 Å². The minimum absolute atomic E-state index is 0.00567. The molecule has 2 aromatic rings. The fourth-order valence-electron chi connectivity index (χ4n) is 1.80. The van der Waals surface area contributed by atoms with E-state index in [-0.39, 0.29) is 5.57 Å². The van der Waals surface area contributed by atoms with Crippen molar-refractivity contribution in [3.8, 4) is 23.6 Å². The second kappa shape index (κ2) is 7.44. The van der Waals surface area contributed by atoms with Gasteiger partial charge in [-0.25, -0.2) is 4.79 Å². The quantitative estimate of drug-likeness (QED) is 0.491. The first-order chi connectivity index (χ1) is 11.2. The van der Waals surface area contributed by atoms with Gasteiger partial charge < -0.3 is 9.47 Å². The summed E-state index contributed by atoms with van der Waals surface area (Å²) >= 11 is 0. The molecular weight excluding hydrogens is 292 g/mol. The summed E-state index contributed by atoms with van der Waals surface area (Å²) in [5, 5.41) is 17.4. The van der Waals surface area contributed by atoms with Crippen molar-refractivity contribution < 1.29 is 14.3 Å². The van der Waals surface area contributed by atoms with Crippen LogP contribution >= 0.6 is 0 Å². The van der Waals surface area contributed by atoms with E-state index in [2.05, 4.69) is 0 Å². The molecule has 0 aromatic heterocycles. The molecule has 0 aliphatic heterocycles. The third-order valence-corrected chi connectivity index (χ3v) is 2.95. The summed E-state index contributed by atoms with van der Waals surface area (Å²) in [6.45, 7) is 0. The number of nitrogens with zero attached hydrogens (tertiary/aromatic N) is 2. The molecule has 0 aliphatic rings. The van der Waals surface area contributed by atoms with Crippen molar-refractivity contribution in [2.75, 3.05) is 7.11 Å². The first-order valence-corrected chi connectivity index (χ1v) is 6.64. The van der Waals surface area contributed by atoms with Crippen LogP contribution in [0.4, 0.5) is 0 Å². The molecule has 0 saturated carbocycles. The molecular formula is C18H12N2O3. The Balaban J connectivity index is 2.12. The molecule has 0 radical (unpaired) electrons. The molecule has 23 heavy (non-hydrogen) atoms. The topological polar surface area (TPSA) is 83.1 Å². The summed E-state index contributed by atoms with van der Waals surface area (Å²) in [6, 6.07) is 16.7. The highest BCUT2D eigenvalue weighted by atomic mass is 16.5. The molecule has 0 unspecified atom stereocenters. The molecule has 0 N–H and O–H groups in total. The zero-order chi connectivity index (χ0) is 16.7. The lowest BCUT2D eigenvalue weighted by Gasteiger charge is -2.06. The zero-order valence-corrected chi connectivity index (χ0v) is 12.3. The average molecular weight is 304 g/mol. The van der Waals surface area contributed by atoms with E-state index in [1.807, 2.05) is 0 Å². The van der Waals surface area contributed by atoms with Gasteiger partial charge in [-0.1, -0.05) is 18.2 Å². The number of carbonyl (C=O) groups is 1. The second-order valence-corrected chi connectivity index (χ2v) is 4.47. The molecule has 0 heterocycles. The first-order valence-electron chi connectivity index (χ1n) is 6.64. The number of hydrogen-bond donors (Lipinski definition) is 0. The maximum absolute atomic E-state index is 12.1. The van der Waals surface area contributed by atoms with Gasteiger partial charge in [0.25, 0.3) is 0 Å². The van der Waals surface area contributed by atoms with Gasteiger partial charge in [-0.05, 0) is 42.0 Å². The molecule has 0 bridgehead atoms. The summed E-state index contributed by atoms with van der Waals surface area (Å²) in [5.74, 6) is 0.438. The Morgan fingerprint density at radius 3 is 2.35 bits per heavy atom. The summed E-state index contributed by atoms with van der Waals surface area (Å²) in [4.78, 5) is 12.1. The van der Waals surface area contributed by atoms with E-state index in [0.717, 1.165) is 0 Å². The fourth-order valence-corrected chi connectivity index (χ4v) is 1.80. The van der Waals surface area contributed by atoms with Crippen molar-refractivity contribution in [2.45, 2.75) is 0 Å². The molecule has 0 atom stereocenters. The fraction of sp³-hybridized carbons (Fsp3) is 0.0556. The van der Waals surface area contributed by atoms with Crippen LogP contribution in [0.1, 0.15) is 15.9 Å². The maximum Gasteiger partial charge on any atom is 0.343 e. The molecule has 112 valence electrons. The van der Waals surface area contributed by atoms with Crippen LogP contribution in [0.15, 0.2) is 54.1 Å². The van der Waals surface area contributed by atoms with Crippen molar-refractivity contribution in [1.82, 2.24) is 0 Å². The van der Waals surface area contributed by atoms with Crippen LogP contribution in [-0.2, 0) is 0 Å². The zero-order valence-electron chi connectivity index (χ0n) is 12.3. The summed E-state index contributed by atoms with van der Waals surface area (Å²) in [6.07, 6.45) is 1.45. The van der Waals surface area contributed by atoms with E-state index in [0.29, 0.717) is 22.6 Å². The Labute approximate surface area is 133 Å². The Hall–Kier alpha value is -3.57. The highest BCUT2D eigenvalue weighted by Crippen LogP contribution is 2.18. The third kappa shape index (κ3) is 4.20. The second-order valence-electron chi connectivity index (χ2n) is 4.47. The number of carbonyl (C=O) groups excluding carboxylic acids is 1. The number of rotatable bonds is 4. The van der Waals surface area contributed by atoms with E-state index in [1.165, 1.54) is 13.2 Å². The van der Waals surface area contributed by atoms with Gasteiger partial charge in [0.15, 0.2) is 0 Å². The first kappa shape index (κ1) is 15.8. The molecule has 0 saturated heterocycles. The van der Waals surface area contributed by atoms with Crippen LogP contribution in [0, 0.1) is 22.7 Å². The number of allylic oxidation sites excluding steroid dienone is 1. The van der Waals surface area contributed by atoms with E-state index in [9.17, 15) is 4.79 Å². The molecule has 5 heteroatoms. The van der Waals surface area contributed by atoms with Gasteiger partial charge >= 0.3 is 5.97 Å². The van der Waals surface area contributed by atoms with Crippen molar-refractivity contribution in [2.24, 2.45) is 0 Å². The van der Waals surface area contributed by atoms with Gasteiger partial charge in [0, 0.05) is 0 Å². The maximum atomic E-state index is 12.1. The molecule has 0 spiro atoms. The number of benzene rings is 2. The van der Waals surface area contributed by atoms with Crippen LogP contribution < -0.4 is 9.47 Å². The number of ether oxygens (including phenoxy) is 2. The number of esters is 1. The Bertz CT molecular complexity index is 809. The highest BCUT2D eigenvalue weighted by molar-refractivity contribution is 5.91. The minimum atomic E-state index is -0.498. The molecule has 0 fully saturated rings. The number of methoxy groups -OCH3 is 1. The van der Waals surface area contributed by atoms with Crippen LogP contribution in [0.25, 0.3) is 6.08 Å². The predicted molar refractivity (Wildman–Crippen MR) is 83.6 cm³/mol. The molecule has 2 aromatic carbocycles. The predicted octanol–water partition coefficient (Wildman–Crippen LogP) is 3.34. The Morgan fingerprint density at radius 2 is 1.74 bits per heavy atom. The van der Waals surface area contributed by atoms with E-state index in [1.54, 1.807) is 60.7 Å². The van der Waals surface area contributed by atoms with Crippen molar-refractivity contribution in [3.63, 3.8) is 0 Å². The lowest BCUT2D eigenvalue weighted by molar-refractivity contribution is 0.0734. The standard InChI is InChI=1S/C18H12N2O3/c1-22-17-4-2-3-15(10-17)18(21)23-16-7-5-13(6-8-16)9-14(11-19)12-20/h2-10H,1H3. The number of hydrogen-bond acceptors (Lipinski definition) is 5. The lowest BCUT2D eigenvalue weighted by Crippen LogP contribution is -2.08. The minimum Gasteiger partial charge on any atom is -0.497 e. The summed E-state index contributed by atoms with van der Waals surface area (Å²) < 4.78 is 10.3. The summed E-state index contributed by atoms with van der Waals surface area (Å²) in [5.41, 5.74) is 1.06. The monoisotopic (exact) mass is 304 g/mol. The van der Waals surface area contributed by atoms with Crippen LogP contribution in [-0.4, -0.2) is 13.1 Å². The van der Waals surface area contributed by atoms with Crippen molar-refractivity contribution in [3.05, 3.63) is 65.2 Å². The molecule has 2 rings (SSSR count). The van der Waals surface area contributed by atoms with Crippen LogP contribution in [0.2, 0.25) is 0 Å². The molecule has 0 aliphatic carbocycles. The van der Waals surface area contributed by atoms with Gasteiger partial charge in [0.05, 0.1) is 12.7 Å². The van der Waals surface area contributed by atoms with Crippen LogP contribution in [0.3, 0.4) is 0 Å². The highest BCUT2D eigenvalue weighted by Gasteiger charge is 2.09. The smallest absolute Gasteiger partial charge is 0.343 e. The average Bonchev–Trinajstić information content (AvgIpc) is 2.61. The van der Waals surface area contributed by atoms with Gasteiger partial charge in [-0.2, -0.15) is 10.5 Å². The largest absolute Gasteiger partial charge is 0.497 e. The molecule has 5 nitrogen and oxygen atoms in total. The number of nitriles is 2. The van der Waals surface area contributed by atoms with Crippen molar-refractivity contribution in [1.29, 1.82) is 10.5 Å². The van der Waals surface area contributed by atoms with Crippen LogP contribution in [0.5, 0.6) is 11.5 Å². The Kier molecular flexibility index (Phi) is 5.12. The third-order valence-electron chi connectivity index (χ3n) is 2.95. The van der Waals surface area contributed by atoms with Gasteiger partial charge in [0.2, 0.25) is 0 Å². The van der Waals surface area contributed by atoms with E-state index >= 15 is 0 Å².